The Morgan fingerprint density at radius 3 is 2.52 bits per heavy atom. The van der Waals surface area contributed by atoms with Crippen molar-refractivity contribution in [3.8, 4) is 0 Å². The highest BCUT2D eigenvalue weighted by Gasteiger charge is 2.37. The minimum absolute atomic E-state index is 0.0481. The normalized spacial score (nSPS) is 14.8. The van der Waals surface area contributed by atoms with Gasteiger partial charge in [-0.3, -0.25) is 14.2 Å². The Kier molecular flexibility index (Phi) is 4.34. The van der Waals surface area contributed by atoms with Gasteiger partial charge in [-0.25, -0.2) is 0 Å². The maximum atomic E-state index is 12.9. The van der Waals surface area contributed by atoms with E-state index in [1.165, 1.54) is 4.68 Å². The van der Waals surface area contributed by atoms with Gasteiger partial charge in [0.25, 0.3) is 0 Å². The van der Waals surface area contributed by atoms with Gasteiger partial charge in [-0.2, -0.15) is 23.4 Å². The Balaban J connectivity index is 1.69. The van der Waals surface area contributed by atoms with Gasteiger partial charge in [0.2, 0.25) is 5.91 Å². The maximum Gasteiger partial charge on any atom is 0.435 e. The fourth-order valence-electron chi connectivity index (χ4n) is 2.82. The first-order valence-electron chi connectivity index (χ1n) is 8.12. The SMILES string of the molecule is Cc1nn(C)c(C)c1NC(=O)CCn1nc(C(F)(F)F)cc1C1CC1. The van der Waals surface area contributed by atoms with E-state index in [-0.39, 0.29) is 24.8 Å². The molecule has 2 heterocycles. The molecule has 3 rings (SSSR count). The number of rotatable bonds is 5. The molecule has 1 N–H and O–H groups in total. The van der Waals surface area contributed by atoms with Crippen LogP contribution in [0.1, 0.15) is 48.0 Å². The zero-order chi connectivity index (χ0) is 18.4. The lowest BCUT2D eigenvalue weighted by Crippen LogP contribution is -2.17. The van der Waals surface area contributed by atoms with Crippen LogP contribution in [0.25, 0.3) is 0 Å². The van der Waals surface area contributed by atoms with Crippen LogP contribution in [0.2, 0.25) is 0 Å². The fourth-order valence-corrected chi connectivity index (χ4v) is 2.82. The highest BCUT2D eigenvalue weighted by molar-refractivity contribution is 5.91. The van der Waals surface area contributed by atoms with E-state index < -0.39 is 11.9 Å². The molecule has 25 heavy (non-hydrogen) atoms. The number of halogens is 3. The minimum Gasteiger partial charge on any atom is -0.323 e. The van der Waals surface area contributed by atoms with Gasteiger partial charge in [0.1, 0.15) is 0 Å². The van der Waals surface area contributed by atoms with Crippen molar-refractivity contribution in [2.75, 3.05) is 5.32 Å². The molecule has 6 nitrogen and oxygen atoms in total. The number of aryl methyl sites for hydroxylation is 3. The quantitative estimate of drug-likeness (QED) is 0.896. The van der Waals surface area contributed by atoms with Crippen LogP contribution < -0.4 is 5.32 Å². The number of hydrogen-bond acceptors (Lipinski definition) is 3. The number of aromatic nitrogens is 4. The minimum atomic E-state index is -4.47. The summed E-state index contributed by atoms with van der Waals surface area (Å²) in [5.41, 5.74) is 1.84. The van der Waals surface area contributed by atoms with Crippen molar-refractivity contribution in [1.82, 2.24) is 19.6 Å². The van der Waals surface area contributed by atoms with Crippen LogP contribution in [0.3, 0.4) is 0 Å². The molecule has 0 aromatic carbocycles. The number of hydrogen-bond donors (Lipinski definition) is 1. The van der Waals surface area contributed by atoms with Gasteiger partial charge in [-0.15, -0.1) is 0 Å². The number of alkyl halides is 3. The van der Waals surface area contributed by atoms with Crippen LogP contribution in [0, 0.1) is 13.8 Å². The van der Waals surface area contributed by atoms with Crippen molar-refractivity contribution in [2.24, 2.45) is 7.05 Å². The highest BCUT2D eigenvalue weighted by atomic mass is 19.4. The summed E-state index contributed by atoms with van der Waals surface area (Å²) in [5.74, 6) is -0.153. The Hall–Kier alpha value is -2.32. The van der Waals surface area contributed by atoms with Crippen molar-refractivity contribution in [3.05, 3.63) is 28.8 Å². The molecule has 0 radical (unpaired) electrons. The average Bonchev–Trinajstić information content (AvgIpc) is 3.22. The summed E-state index contributed by atoms with van der Waals surface area (Å²) in [7, 11) is 1.78. The van der Waals surface area contributed by atoms with Gasteiger partial charge in [0.05, 0.1) is 17.1 Å². The second kappa shape index (κ2) is 6.20. The highest BCUT2D eigenvalue weighted by Crippen LogP contribution is 2.42. The number of carbonyl (C=O) groups is 1. The summed E-state index contributed by atoms with van der Waals surface area (Å²) in [6.07, 6.45) is -2.69. The Morgan fingerprint density at radius 1 is 1.32 bits per heavy atom. The van der Waals surface area contributed by atoms with E-state index in [1.807, 2.05) is 6.92 Å². The number of nitrogens with zero attached hydrogens (tertiary/aromatic N) is 4. The number of anilines is 1. The summed E-state index contributed by atoms with van der Waals surface area (Å²) >= 11 is 0. The predicted molar refractivity (Wildman–Crippen MR) is 85.1 cm³/mol. The molecule has 2 aromatic heterocycles. The van der Waals surface area contributed by atoms with Crippen molar-refractivity contribution >= 4 is 11.6 Å². The Morgan fingerprint density at radius 2 is 2.00 bits per heavy atom. The molecule has 0 saturated heterocycles. The van der Waals surface area contributed by atoms with E-state index in [0.717, 1.165) is 24.6 Å². The van der Waals surface area contributed by atoms with Gasteiger partial charge in [0, 0.05) is 31.6 Å². The first-order valence-corrected chi connectivity index (χ1v) is 8.12. The molecule has 136 valence electrons. The molecule has 0 unspecified atom stereocenters. The second-order valence-corrected chi connectivity index (χ2v) is 6.42. The zero-order valence-corrected chi connectivity index (χ0v) is 14.3. The van der Waals surface area contributed by atoms with E-state index in [9.17, 15) is 18.0 Å². The topological polar surface area (TPSA) is 64.7 Å². The summed E-state index contributed by atoms with van der Waals surface area (Å²) in [5, 5.41) is 10.7. The number of nitrogens with one attached hydrogen (secondary N) is 1. The van der Waals surface area contributed by atoms with E-state index in [0.29, 0.717) is 17.1 Å². The van der Waals surface area contributed by atoms with Crippen LogP contribution in [0.5, 0.6) is 0 Å². The summed E-state index contributed by atoms with van der Waals surface area (Å²) in [6.45, 7) is 3.74. The largest absolute Gasteiger partial charge is 0.435 e. The van der Waals surface area contributed by atoms with E-state index in [4.69, 9.17) is 0 Å². The van der Waals surface area contributed by atoms with Gasteiger partial charge in [0.15, 0.2) is 5.69 Å². The molecular weight excluding hydrogens is 335 g/mol. The summed E-state index contributed by atoms with van der Waals surface area (Å²) in [6, 6.07) is 1.10. The molecule has 9 heteroatoms. The maximum absolute atomic E-state index is 12.9. The zero-order valence-electron chi connectivity index (χ0n) is 14.3. The molecule has 0 bridgehead atoms. The van der Waals surface area contributed by atoms with Crippen LogP contribution >= 0.6 is 0 Å². The van der Waals surface area contributed by atoms with Gasteiger partial charge in [-0.05, 0) is 32.8 Å². The van der Waals surface area contributed by atoms with E-state index in [1.54, 1.807) is 18.7 Å². The van der Waals surface area contributed by atoms with Crippen LogP contribution in [0.15, 0.2) is 6.07 Å². The molecule has 0 atom stereocenters. The van der Waals surface area contributed by atoms with Crippen molar-refractivity contribution < 1.29 is 18.0 Å². The molecule has 1 saturated carbocycles. The third-order valence-corrected chi connectivity index (χ3v) is 4.42. The van der Waals surface area contributed by atoms with E-state index in [2.05, 4.69) is 15.5 Å². The molecule has 1 aliphatic rings. The molecular formula is C16H20F3N5O. The molecule has 0 aliphatic heterocycles. The Labute approximate surface area is 143 Å². The second-order valence-electron chi connectivity index (χ2n) is 6.42. The third-order valence-electron chi connectivity index (χ3n) is 4.42. The lowest BCUT2D eigenvalue weighted by atomic mass is 10.2. The lowest BCUT2D eigenvalue weighted by Gasteiger charge is -2.08. The number of carbonyl (C=O) groups excluding carboxylic acids is 1. The molecule has 1 aliphatic carbocycles. The molecule has 0 spiro atoms. The van der Waals surface area contributed by atoms with Gasteiger partial charge in [-0.1, -0.05) is 0 Å². The van der Waals surface area contributed by atoms with E-state index >= 15 is 0 Å². The van der Waals surface area contributed by atoms with Crippen molar-refractivity contribution in [1.29, 1.82) is 0 Å². The first kappa shape index (κ1) is 17.5. The summed E-state index contributed by atoms with van der Waals surface area (Å²) in [4.78, 5) is 12.2. The predicted octanol–water partition coefficient (Wildman–Crippen LogP) is 3.16. The standard InChI is InChI=1S/C16H20F3N5O/c1-9-15(10(2)23(3)21-9)20-14(25)6-7-24-12(11-4-5-11)8-13(22-24)16(17,18)19/h8,11H,4-7H2,1-3H3,(H,20,25). The number of amides is 1. The smallest absolute Gasteiger partial charge is 0.323 e. The van der Waals surface area contributed by atoms with Crippen molar-refractivity contribution in [2.45, 2.75) is 51.7 Å². The average molecular weight is 355 g/mol. The molecule has 1 amide bonds. The molecule has 1 fully saturated rings. The third kappa shape index (κ3) is 3.69. The fraction of sp³-hybridized carbons (Fsp3) is 0.562. The van der Waals surface area contributed by atoms with Crippen molar-refractivity contribution in [3.63, 3.8) is 0 Å². The monoisotopic (exact) mass is 355 g/mol. The van der Waals surface area contributed by atoms with Gasteiger partial charge >= 0.3 is 6.18 Å². The van der Waals surface area contributed by atoms with Gasteiger partial charge < -0.3 is 5.32 Å². The first-order chi connectivity index (χ1) is 11.7. The van der Waals surface area contributed by atoms with Crippen LogP contribution in [0.4, 0.5) is 18.9 Å². The molecule has 2 aromatic rings. The Bertz CT molecular complexity index is 802. The summed E-state index contributed by atoms with van der Waals surface area (Å²) < 4.78 is 41.6. The lowest BCUT2D eigenvalue weighted by molar-refractivity contribution is -0.141. The van der Waals surface area contributed by atoms with Crippen LogP contribution in [-0.4, -0.2) is 25.5 Å². The van der Waals surface area contributed by atoms with Crippen LogP contribution in [-0.2, 0) is 24.6 Å².